The number of carbonyl (C=O) groups is 1. The Morgan fingerprint density at radius 2 is 1.92 bits per heavy atom. The molecule has 2 aromatic heterocycles. The number of nitrogens with zero attached hydrogens (tertiary/aromatic N) is 3. The zero-order valence-electron chi connectivity index (χ0n) is 14.4. The molecule has 26 heavy (non-hydrogen) atoms. The SMILES string of the molecule is CCc1nc(N(CC)CC(=O)Nc2c(Cl)cccc2Cl)c2ccsc2n1. The maximum absolute atomic E-state index is 12.6. The molecule has 0 fully saturated rings. The number of benzene rings is 1. The van der Waals surface area contributed by atoms with Crippen LogP contribution in [0.1, 0.15) is 19.7 Å². The lowest BCUT2D eigenvalue weighted by molar-refractivity contribution is -0.115. The zero-order chi connectivity index (χ0) is 18.7. The highest BCUT2D eigenvalue weighted by Crippen LogP contribution is 2.30. The van der Waals surface area contributed by atoms with Crippen molar-refractivity contribution in [3.8, 4) is 0 Å². The van der Waals surface area contributed by atoms with Crippen LogP contribution >= 0.6 is 34.5 Å². The molecule has 2 heterocycles. The molecule has 5 nitrogen and oxygen atoms in total. The van der Waals surface area contributed by atoms with Crippen LogP contribution in [0.4, 0.5) is 11.5 Å². The quantitative estimate of drug-likeness (QED) is 0.621. The Hall–Kier alpha value is -1.89. The van der Waals surface area contributed by atoms with E-state index in [1.807, 2.05) is 30.2 Å². The van der Waals surface area contributed by atoms with E-state index in [0.29, 0.717) is 22.3 Å². The van der Waals surface area contributed by atoms with Gasteiger partial charge in [0.15, 0.2) is 0 Å². The zero-order valence-corrected chi connectivity index (χ0v) is 16.8. The largest absolute Gasteiger partial charge is 0.347 e. The highest BCUT2D eigenvalue weighted by Gasteiger charge is 2.18. The number of hydrogen-bond acceptors (Lipinski definition) is 5. The maximum atomic E-state index is 12.6. The molecule has 1 amide bonds. The van der Waals surface area contributed by atoms with Crippen molar-refractivity contribution in [1.29, 1.82) is 0 Å². The molecule has 3 rings (SSSR count). The van der Waals surface area contributed by atoms with Gasteiger partial charge in [0.1, 0.15) is 16.5 Å². The van der Waals surface area contributed by atoms with Crippen molar-refractivity contribution in [3.63, 3.8) is 0 Å². The Balaban J connectivity index is 1.86. The Labute approximate surface area is 166 Å². The van der Waals surface area contributed by atoms with E-state index in [2.05, 4.69) is 15.3 Å². The van der Waals surface area contributed by atoms with Gasteiger partial charge in [-0.2, -0.15) is 0 Å². The van der Waals surface area contributed by atoms with E-state index >= 15 is 0 Å². The molecule has 0 atom stereocenters. The molecule has 0 spiro atoms. The molecule has 0 radical (unpaired) electrons. The van der Waals surface area contributed by atoms with Crippen LogP contribution in [0.25, 0.3) is 10.2 Å². The van der Waals surface area contributed by atoms with Crippen molar-refractivity contribution in [3.05, 3.63) is 45.5 Å². The molecule has 0 saturated heterocycles. The summed E-state index contributed by atoms with van der Waals surface area (Å²) in [6.07, 6.45) is 0.736. The monoisotopic (exact) mass is 408 g/mol. The van der Waals surface area contributed by atoms with Crippen molar-refractivity contribution in [1.82, 2.24) is 9.97 Å². The molecule has 0 unspecified atom stereocenters. The molecule has 0 aliphatic heterocycles. The van der Waals surface area contributed by atoms with Crippen LogP contribution in [0.2, 0.25) is 10.0 Å². The molecule has 0 bridgehead atoms. The second kappa shape index (κ2) is 8.20. The lowest BCUT2D eigenvalue weighted by Crippen LogP contribution is -2.34. The summed E-state index contributed by atoms with van der Waals surface area (Å²) in [6, 6.07) is 7.10. The van der Waals surface area contributed by atoms with Crippen LogP contribution in [0, 0.1) is 0 Å². The fourth-order valence-corrected chi connectivity index (χ4v) is 3.86. The second-order valence-electron chi connectivity index (χ2n) is 5.62. The number of para-hydroxylation sites is 1. The Kier molecular flexibility index (Phi) is 5.96. The number of carbonyl (C=O) groups excluding carboxylic acids is 1. The minimum atomic E-state index is -0.207. The number of likely N-dealkylation sites (N-methyl/N-ethyl adjacent to an activating group) is 1. The number of rotatable bonds is 6. The first kappa shape index (κ1) is 18.9. The van der Waals surface area contributed by atoms with E-state index in [0.717, 1.165) is 28.3 Å². The first-order chi connectivity index (χ1) is 12.5. The van der Waals surface area contributed by atoms with Gasteiger partial charge in [-0.1, -0.05) is 36.2 Å². The van der Waals surface area contributed by atoms with Crippen molar-refractivity contribution < 1.29 is 4.79 Å². The number of hydrogen-bond donors (Lipinski definition) is 1. The van der Waals surface area contributed by atoms with Gasteiger partial charge < -0.3 is 10.2 Å². The lowest BCUT2D eigenvalue weighted by Gasteiger charge is -2.23. The molecular formula is C18H18Cl2N4OS. The van der Waals surface area contributed by atoms with E-state index in [1.165, 1.54) is 0 Å². The number of amides is 1. The molecule has 1 N–H and O–H groups in total. The van der Waals surface area contributed by atoms with Crippen molar-refractivity contribution >= 4 is 62.2 Å². The summed E-state index contributed by atoms with van der Waals surface area (Å²) in [5, 5.41) is 6.55. The molecule has 1 aromatic carbocycles. The number of fused-ring (bicyclic) bond motifs is 1. The van der Waals surface area contributed by atoms with Crippen molar-refractivity contribution in [2.45, 2.75) is 20.3 Å². The summed E-state index contributed by atoms with van der Waals surface area (Å²) < 4.78 is 0. The Bertz CT molecular complexity index is 924. The number of aryl methyl sites for hydroxylation is 1. The van der Waals surface area contributed by atoms with Gasteiger partial charge in [0.05, 0.1) is 27.7 Å². The summed E-state index contributed by atoms with van der Waals surface area (Å²) in [4.78, 5) is 24.6. The van der Waals surface area contributed by atoms with Crippen LogP contribution in [-0.2, 0) is 11.2 Å². The number of halogens is 2. The van der Waals surface area contributed by atoms with Gasteiger partial charge in [-0.15, -0.1) is 11.3 Å². The van der Waals surface area contributed by atoms with E-state index < -0.39 is 0 Å². The van der Waals surface area contributed by atoms with Gasteiger partial charge in [0, 0.05) is 13.0 Å². The number of anilines is 2. The third kappa shape index (κ3) is 3.92. The summed E-state index contributed by atoms with van der Waals surface area (Å²) in [5.41, 5.74) is 0.425. The van der Waals surface area contributed by atoms with Gasteiger partial charge in [0.2, 0.25) is 5.91 Å². The minimum absolute atomic E-state index is 0.142. The average molecular weight is 409 g/mol. The third-order valence-corrected chi connectivity index (χ3v) is 5.35. The Morgan fingerprint density at radius 1 is 1.19 bits per heavy atom. The standard InChI is InChI=1S/C18H18Cl2N4OS/c1-3-14-21-17(11-8-9-26-18(11)22-14)24(4-2)10-15(25)23-16-12(19)6-5-7-13(16)20/h5-9H,3-4,10H2,1-2H3,(H,23,25). The van der Waals surface area contributed by atoms with Crippen molar-refractivity contribution in [2.75, 3.05) is 23.3 Å². The fourth-order valence-electron chi connectivity index (χ4n) is 2.59. The third-order valence-electron chi connectivity index (χ3n) is 3.91. The molecular weight excluding hydrogens is 391 g/mol. The maximum Gasteiger partial charge on any atom is 0.244 e. The average Bonchev–Trinajstić information content (AvgIpc) is 3.10. The molecule has 0 aliphatic carbocycles. The summed E-state index contributed by atoms with van der Waals surface area (Å²) in [7, 11) is 0. The van der Waals surface area contributed by atoms with E-state index in [4.69, 9.17) is 23.2 Å². The van der Waals surface area contributed by atoms with E-state index in [-0.39, 0.29) is 12.5 Å². The summed E-state index contributed by atoms with van der Waals surface area (Å²) in [5.74, 6) is 1.33. The van der Waals surface area contributed by atoms with Gasteiger partial charge in [0.25, 0.3) is 0 Å². The number of aromatic nitrogens is 2. The number of thiophene rings is 1. The summed E-state index contributed by atoms with van der Waals surface area (Å²) >= 11 is 13.8. The van der Waals surface area contributed by atoms with Gasteiger partial charge in [-0.3, -0.25) is 4.79 Å². The van der Waals surface area contributed by atoms with Crippen LogP contribution in [0.3, 0.4) is 0 Å². The van der Waals surface area contributed by atoms with Crippen molar-refractivity contribution in [2.24, 2.45) is 0 Å². The van der Waals surface area contributed by atoms with E-state index in [1.54, 1.807) is 29.5 Å². The summed E-state index contributed by atoms with van der Waals surface area (Å²) in [6.45, 7) is 4.78. The van der Waals surface area contributed by atoms with Gasteiger partial charge >= 0.3 is 0 Å². The first-order valence-electron chi connectivity index (χ1n) is 8.26. The second-order valence-corrected chi connectivity index (χ2v) is 7.32. The molecule has 0 aliphatic rings. The smallest absolute Gasteiger partial charge is 0.244 e. The predicted octanol–water partition coefficient (Wildman–Crippen LogP) is 5.03. The fraction of sp³-hybridized carbons (Fsp3) is 0.278. The van der Waals surface area contributed by atoms with Crippen LogP contribution < -0.4 is 10.2 Å². The normalized spacial score (nSPS) is 10.9. The molecule has 3 aromatic rings. The number of nitrogens with one attached hydrogen (secondary N) is 1. The van der Waals surface area contributed by atoms with Crippen LogP contribution in [0.15, 0.2) is 29.6 Å². The van der Waals surface area contributed by atoms with E-state index in [9.17, 15) is 4.79 Å². The van der Waals surface area contributed by atoms with Gasteiger partial charge in [-0.25, -0.2) is 9.97 Å². The predicted molar refractivity (Wildman–Crippen MR) is 110 cm³/mol. The highest BCUT2D eigenvalue weighted by molar-refractivity contribution is 7.16. The Morgan fingerprint density at radius 3 is 2.58 bits per heavy atom. The van der Waals surface area contributed by atoms with Gasteiger partial charge in [-0.05, 0) is 30.5 Å². The first-order valence-corrected chi connectivity index (χ1v) is 9.90. The van der Waals surface area contributed by atoms with Crippen LogP contribution in [0.5, 0.6) is 0 Å². The topological polar surface area (TPSA) is 58.1 Å². The highest BCUT2D eigenvalue weighted by atomic mass is 35.5. The molecule has 0 saturated carbocycles. The lowest BCUT2D eigenvalue weighted by atomic mass is 10.3. The molecule has 136 valence electrons. The van der Waals surface area contributed by atoms with Crippen LogP contribution in [-0.4, -0.2) is 29.0 Å². The minimum Gasteiger partial charge on any atom is -0.347 e. The molecule has 8 heteroatoms.